The van der Waals surface area contributed by atoms with Gasteiger partial charge in [-0.3, -0.25) is 9.79 Å². The average molecular weight is 344 g/mol. The molecule has 1 aromatic carbocycles. The van der Waals surface area contributed by atoms with Crippen molar-refractivity contribution in [3.63, 3.8) is 0 Å². The molecule has 26 heavy (non-hydrogen) atoms. The molecule has 130 valence electrons. The van der Waals surface area contributed by atoms with E-state index in [1.165, 1.54) is 16.7 Å². The van der Waals surface area contributed by atoms with E-state index in [1.54, 1.807) is 0 Å². The number of aryl methyl sites for hydroxylation is 2. The maximum Gasteiger partial charge on any atom is 0.228 e. The van der Waals surface area contributed by atoms with E-state index in [9.17, 15) is 4.79 Å². The van der Waals surface area contributed by atoms with Gasteiger partial charge in [-0.2, -0.15) is 0 Å². The number of carbonyl (C=O) groups is 1. The maximum atomic E-state index is 12.0. The number of hydrogen-bond acceptors (Lipinski definition) is 3. The zero-order valence-electron chi connectivity index (χ0n) is 14.9. The van der Waals surface area contributed by atoms with Crippen molar-refractivity contribution in [2.45, 2.75) is 26.2 Å². The minimum absolute atomic E-state index is 0.0836. The summed E-state index contributed by atoms with van der Waals surface area (Å²) in [4.78, 5) is 20.9. The van der Waals surface area contributed by atoms with Crippen LogP contribution in [-0.2, 0) is 18.3 Å². The molecule has 3 heterocycles. The molecule has 5 rings (SSSR count). The van der Waals surface area contributed by atoms with Gasteiger partial charge < -0.3 is 9.88 Å². The minimum Gasteiger partial charge on any atom is -0.342 e. The van der Waals surface area contributed by atoms with Crippen molar-refractivity contribution in [3.8, 4) is 11.3 Å². The summed E-state index contributed by atoms with van der Waals surface area (Å²) in [5.41, 5.74) is 6.96. The summed E-state index contributed by atoms with van der Waals surface area (Å²) >= 11 is 0. The number of nitrogens with one attached hydrogen (secondary N) is 1. The molecule has 1 amide bonds. The lowest BCUT2D eigenvalue weighted by atomic mass is 10.0. The summed E-state index contributed by atoms with van der Waals surface area (Å²) in [5.74, 6) is 0.885. The van der Waals surface area contributed by atoms with E-state index >= 15 is 0 Å². The second-order valence-corrected chi connectivity index (χ2v) is 7.29. The van der Waals surface area contributed by atoms with Gasteiger partial charge >= 0.3 is 0 Å². The predicted molar refractivity (Wildman–Crippen MR) is 104 cm³/mol. The number of aliphatic imine (C=N–C) groups is 1. The van der Waals surface area contributed by atoms with Crippen molar-refractivity contribution >= 4 is 34.5 Å². The Hall–Kier alpha value is -2.95. The molecule has 0 atom stereocenters. The molecule has 1 aliphatic heterocycles. The largest absolute Gasteiger partial charge is 0.342 e. The fourth-order valence-corrected chi connectivity index (χ4v) is 3.69. The van der Waals surface area contributed by atoms with Crippen molar-refractivity contribution < 1.29 is 4.79 Å². The SMILES string of the molecule is Cc1cc2c(cc1-c1cc3cc(NC(=O)C4CC4)ncc3n1C)N=CC2. The molecule has 1 fully saturated rings. The third-order valence-electron chi connectivity index (χ3n) is 5.37. The molecular weight excluding hydrogens is 324 g/mol. The van der Waals surface area contributed by atoms with E-state index in [0.717, 1.165) is 41.5 Å². The third-order valence-corrected chi connectivity index (χ3v) is 5.37. The van der Waals surface area contributed by atoms with Crippen molar-refractivity contribution in [3.05, 3.63) is 41.6 Å². The number of rotatable bonds is 3. The normalized spacial score (nSPS) is 15.5. The van der Waals surface area contributed by atoms with E-state index in [0.29, 0.717) is 5.82 Å². The van der Waals surface area contributed by atoms with E-state index < -0.39 is 0 Å². The summed E-state index contributed by atoms with van der Waals surface area (Å²) in [6.45, 7) is 2.14. The topological polar surface area (TPSA) is 59.3 Å². The molecule has 2 aromatic heterocycles. The summed E-state index contributed by atoms with van der Waals surface area (Å²) in [7, 11) is 2.05. The standard InChI is InChI=1S/C21H20N4O/c1-12-7-14-5-6-22-17(14)10-16(12)18-8-15-9-20(23-11-19(15)25(18)2)24-21(26)13-3-4-13/h6-11,13H,3-5H2,1-2H3,(H,23,24,26). The molecule has 5 heteroatoms. The second kappa shape index (κ2) is 5.53. The monoisotopic (exact) mass is 344 g/mol. The Morgan fingerprint density at radius 1 is 1.23 bits per heavy atom. The number of carbonyl (C=O) groups excluding carboxylic acids is 1. The Morgan fingerprint density at radius 3 is 2.88 bits per heavy atom. The Kier molecular flexibility index (Phi) is 3.26. The van der Waals surface area contributed by atoms with Gasteiger partial charge in [0.15, 0.2) is 0 Å². The molecule has 1 aliphatic carbocycles. The highest BCUT2D eigenvalue weighted by Crippen LogP contribution is 2.36. The number of pyridine rings is 1. The lowest BCUT2D eigenvalue weighted by Crippen LogP contribution is -2.14. The quantitative estimate of drug-likeness (QED) is 0.776. The van der Waals surface area contributed by atoms with Crippen LogP contribution in [0.1, 0.15) is 24.0 Å². The molecule has 0 spiro atoms. The van der Waals surface area contributed by atoms with Gasteiger partial charge in [-0.05, 0) is 49.1 Å². The first-order valence-electron chi connectivity index (χ1n) is 9.03. The fourth-order valence-electron chi connectivity index (χ4n) is 3.69. The number of hydrogen-bond donors (Lipinski definition) is 1. The van der Waals surface area contributed by atoms with Crippen LogP contribution in [0.15, 0.2) is 35.5 Å². The number of anilines is 1. The molecular formula is C21H20N4O. The first-order valence-corrected chi connectivity index (χ1v) is 9.03. The van der Waals surface area contributed by atoms with Crippen LogP contribution in [0.2, 0.25) is 0 Å². The van der Waals surface area contributed by atoms with Crippen LogP contribution in [0.5, 0.6) is 0 Å². The number of fused-ring (bicyclic) bond motifs is 2. The zero-order chi connectivity index (χ0) is 17.8. The molecule has 3 aromatic rings. The smallest absolute Gasteiger partial charge is 0.228 e. The van der Waals surface area contributed by atoms with Crippen molar-refractivity contribution in [1.82, 2.24) is 9.55 Å². The van der Waals surface area contributed by atoms with Gasteiger partial charge in [-0.1, -0.05) is 6.07 Å². The molecule has 1 N–H and O–H groups in total. The summed E-state index contributed by atoms with van der Waals surface area (Å²) in [6, 6.07) is 8.53. The van der Waals surface area contributed by atoms with Gasteiger partial charge in [-0.25, -0.2) is 4.98 Å². The van der Waals surface area contributed by atoms with Crippen LogP contribution < -0.4 is 5.32 Å². The van der Waals surface area contributed by atoms with E-state index in [1.807, 2.05) is 18.5 Å². The number of benzene rings is 1. The van der Waals surface area contributed by atoms with Crippen LogP contribution >= 0.6 is 0 Å². The Bertz CT molecular complexity index is 1090. The molecule has 0 unspecified atom stereocenters. The molecule has 1 saturated carbocycles. The van der Waals surface area contributed by atoms with E-state index in [2.05, 4.69) is 52.0 Å². The van der Waals surface area contributed by atoms with Gasteiger partial charge in [0.25, 0.3) is 0 Å². The van der Waals surface area contributed by atoms with Gasteiger partial charge in [0.1, 0.15) is 5.82 Å². The minimum atomic E-state index is 0.0836. The molecule has 2 aliphatic rings. The molecule has 0 bridgehead atoms. The third kappa shape index (κ3) is 2.43. The van der Waals surface area contributed by atoms with Crippen LogP contribution in [-0.4, -0.2) is 21.7 Å². The first kappa shape index (κ1) is 15.3. The predicted octanol–water partition coefficient (Wildman–Crippen LogP) is 4.16. The van der Waals surface area contributed by atoms with Crippen molar-refractivity contribution in [1.29, 1.82) is 0 Å². The Labute approximate surface area is 151 Å². The summed E-state index contributed by atoms with van der Waals surface area (Å²) < 4.78 is 2.15. The van der Waals surface area contributed by atoms with Gasteiger partial charge in [0.2, 0.25) is 5.91 Å². The first-order chi connectivity index (χ1) is 12.6. The summed E-state index contributed by atoms with van der Waals surface area (Å²) in [6.07, 6.45) is 6.70. The molecule has 0 radical (unpaired) electrons. The summed E-state index contributed by atoms with van der Waals surface area (Å²) in [5, 5.41) is 4.01. The lowest BCUT2D eigenvalue weighted by molar-refractivity contribution is -0.117. The van der Waals surface area contributed by atoms with Gasteiger partial charge in [0.05, 0.1) is 17.4 Å². The number of aromatic nitrogens is 2. The van der Waals surface area contributed by atoms with Gasteiger partial charge in [-0.15, -0.1) is 0 Å². The Morgan fingerprint density at radius 2 is 2.08 bits per heavy atom. The molecule has 0 saturated heterocycles. The molecule has 5 nitrogen and oxygen atoms in total. The zero-order valence-corrected chi connectivity index (χ0v) is 14.9. The Balaban J connectivity index is 1.57. The van der Waals surface area contributed by atoms with Crippen LogP contribution in [0.25, 0.3) is 22.2 Å². The van der Waals surface area contributed by atoms with Crippen LogP contribution in [0, 0.1) is 12.8 Å². The van der Waals surface area contributed by atoms with E-state index in [4.69, 9.17) is 0 Å². The van der Waals surface area contributed by atoms with Gasteiger partial charge in [0, 0.05) is 42.2 Å². The fraction of sp³-hybridized carbons (Fsp3) is 0.286. The number of amides is 1. The number of nitrogens with zero attached hydrogens (tertiary/aromatic N) is 3. The highest BCUT2D eigenvalue weighted by Gasteiger charge is 2.29. The lowest BCUT2D eigenvalue weighted by Gasteiger charge is -2.10. The maximum absolute atomic E-state index is 12.0. The van der Waals surface area contributed by atoms with Crippen LogP contribution in [0.4, 0.5) is 11.5 Å². The highest BCUT2D eigenvalue weighted by atomic mass is 16.2. The second-order valence-electron chi connectivity index (χ2n) is 7.29. The average Bonchev–Trinajstić information content (AvgIpc) is 3.30. The van der Waals surface area contributed by atoms with E-state index in [-0.39, 0.29) is 11.8 Å². The van der Waals surface area contributed by atoms with Crippen LogP contribution in [0.3, 0.4) is 0 Å². The van der Waals surface area contributed by atoms with Crippen molar-refractivity contribution in [2.75, 3.05) is 5.32 Å². The van der Waals surface area contributed by atoms with Crippen molar-refractivity contribution in [2.24, 2.45) is 18.0 Å². The highest BCUT2D eigenvalue weighted by molar-refractivity contribution is 5.96.